The van der Waals surface area contributed by atoms with Gasteiger partial charge in [-0.3, -0.25) is 4.79 Å². The summed E-state index contributed by atoms with van der Waals surface area (Å²) < 4.78 is 12.4. The second kappa shape index (κ2) is 6.69. The van der Waals surface area contributed by atoms with Crippen LogP contribution in [0.1, 0.15) is 6.42 Å². The molecule has 0 bridgehead atoms. The van der Waals surface area contributed by atoms with Crippen molar-refractivity contribution in [2.24, 2.45) is 5.11 Å². The first-order valence-electron chi connectivity index (χ1n) is 3.24. The van der Waals surface area contributed by atoms with Crippen molar-refractivity contribution >= 4 is 17.5 Å². The topological polar surface area (TPSA) is 77.9 Å². The summed E-state index contributed by atoms with van der Waals surface area (Å²) in [6.07, 6.45) is -1.60. The summed E-state index contributed by atoms with van der Waals surface area (Å²) >= 11 is 5.30. The maximum atomic E-state index is 12.4. The molecule has 0 spiro atoms. The second-order valence-corrected chi connectivity index (χ2v) is 2.25. The number of nitrogens with one attached hydrogen (secondary N) is 1. The third-order valence-electron chi connectivity index (χ3n) is 0.979. The van der Waals surface area contributed by atoms with Gasteiger partial charge in [0.25, 0.3) is 12.2 Å². The normalized spacial score (nSPS) is 11.5. The van der Waals surface area contributed by atoms with Crippen molar-refractivity contribution in [2.45, 2.75) is 12.7 Å². The van der Waals surface area contributed by atoms with Crippen LogP contribution in [-0.4, -0.2) is 24.6 Å². The number of carbonyl (C=O) groups excluding carboxylic acids is 1. The molecule has 1 amide bonds. The number of halogens is 2. The number of alkyl halides is 2. The highest BCUT2D eigenvalue weighted by molar-refractivity contribution is 6.17. The average molecular weight is 195 g/mol. The smallest absolute Gasteiger partial charge is 0.260 e. The van der Waals surface area contributed by atoms with Crippen LogP contribution in [0, 0.1) is 0 Å². The number of rotatable bonds is 5. The van der Waals surface area contributed by atoms with Crippen molar-refractivity contribution in [3.8, 4) is 0 Å². The van der Waals surface area contributed by atoms with Crippen molar-refractivity contribution < 1.29 is 9.18 Å². The van der Waals surface area contributed by atoms with Crippen LogP contribution in [0.5, 0.6) is 0 Å². The lowest BCUT2D eigenvalue weighted by atomic mass is 10.4. The summed E-state index contributed by atoms with van der Waals surface area (Å²) in [7, 11) is 0. The molecule has 0 heterocycles. The number of azide groups is 1. The summed E-state index contributed by atoms with van der Waals surface area (Å²) in [6, 6.07) is 0. The van der Waals surface area contributed by atoms with E-state index in [0.29, 0.717) is 12.3 Å². The van der Waals surface area contributed by atoms with Gasteiger partial charge < -0.3 is 5.32 Å². The molecule has 1 unspecified atom stereocenters. The highest BCUT2D eigenvalue weighted by Crippen LogP contribution is 1.93. The molecule has 0 aliphatic heterocycles. The van der Waals surface area contributed by atoms with Crippen LogP contribution in [0.3, 0.4) is 0 Å². The maximum Gasteiger partial charge on any atom is 0.260 e. The van der Waals surface area contributed by atoms with Gasteiger partial charge in [0.05, 0.1) is 0 Å². The Hall–Kier alpha value is -1.00. The molecule has 0 aromatic rings. The molecule has 7 heteroatoms. The predicted octanol–water partition coefficient (Wildman–Crippen LogP) is 1.34. The number of hydrogen-bond acceptors (Lipinski definition) is 2. The molecule has 0 saturated carbocycles. The van der Waals surface area contributed by atoms with Gasteiger partial charge in [0.15, 0.2) is 0 Å². The minimum absolute atomic E-state index is 0.281. The zero-order chi connectivity index (χ0) is 9.40. The van der Waals surface area contributed by atoms with Crippen molar-refractivity contribution in [3.63, 3.8) is 0 Å². The first kappa shape index (κ1) is 11.0. The van der Waals surface area contributed by atoms with Crippen LogP contribution in [0.2, 0.25) is 0 Å². The molecule has 68 valence electrons. The number of amides is 1. The first-order chi connectivity index (χ1) is 5.72. The van der Waals surface area contributed by atoms with Crippen LogP contribution < -0.4 is 5.32 Å². The molecule has 5 nitrogen and oxygen atoms in total. The quantitative estimate of drug-likeness (QED) is 0.176. The van der Waals surface area contributed by atoms with E-state index in [0.717, 1.165) is 0 Å². The Bertz CT molecular complexity index is 194. The summed E-state index contributed by atoms with van der Waals surface area (Å²) in [5, 5.41) is 4.78. The zero-order valence-electron chi connectivity index (χ0n) is 6.20. The van der Waals surface area contributed by atoms with Gasteiger partial charge in [-0.1, -0.05) is 0 Å². The minimum Gasteiger partial charge on any atom is -0.353 e. The lowest BCUT2D eigenvalue weighted by Gasteiger charge is -2.02. The van der Waals surface area contributed by atoms with E-state index in [4.69, 9.17) is 17.1 Å². The van der Waals surface area contributed by atoms with Crippen LogP contribution in [0.15, 0.2) is 5.11 Å². The molecule has 0 aromatic carbocycles. The van der Waals surface area contributed by atoms with Crippen LogP contribution in [0.25, 0.3) is 10.4 Å². The third-order valence-corrected chi connectivity index (χ3v) is 1.25. The van der Waals surface area contributed by atoms with E-state index in [1.165, 1.54) is 0 Å². The molecule has 0 aliphatic rings. The third kappa shape index (κ3) is 4.76. The predicted molar refractivity (Wildman–Crippen MR) is 42.4 cm³/mol. The van der Waals surface area contributed by atoms with Gasteiger partial charge >= 0.3 is 0 Å². The van der Waals surface area contributed by atoms with Gasteiger partial charge in [0, 0.05) is 17.3 Å². The standard InChI is InChI=1S/C5H8ClFN4O/c6-2-1-3-9-5(12)4(7)10-11-8/h4H,1-3H2,(H,9,12). The van der Waals surface area contributed by atoms with E-state index < -0.39 is 12.2 Å². The van der Waals surface area contributed by atoms with E-state index in [-0.39, 0.29) is 6.54 Å². The highest BCUT2D eigenvalue weighted by atomic mass is 35.5. The van der Waals surface area contributed by atoms with E-state index in [1.54, 1.807) is 0 Å². The maximum absolute atomic E-state index is 12.4. The van der Waals surface area contributed by atoms with E-state index in [2.05, 4.69) is 15.3 Å². The molecular formula is C5H8ClFN4O. The Kier molecular flexibility index (Phi) is 6.14. The van der Waals surface area contributed by atoms with Gasteiger partial charge in [-0.05, 0) is 17.1 Å². The lowest BCUT2D eigenvalue weighted by molar-refractivity contribution is -0.125. The largest absolute Gasteiger partial charge is 0.353 e. The fourth-order valence-electron chi connectivity index (χ4n) is 0.460. The number of carbonyl (C=O) groups is 1. The van der Waals surface area contributed by atoms with E-state index >= 15 is 0 Å². The molecular weight excluding hydrogens is 187 g/mol. The van der Waals surface area contributed by atoms with Crippen LogP contribution >= 0.6 is 11.6 Å². The average Bonchev–Trinajstić information content (AvgIpc) is 2.05. The highest BCUT2D eigenvalue weighted by Gasteiger charge is 2.13. The van der Waals surface area contributed by atoms with Crippen molar-refractivity contribution in [2.75, 3.05) is 12.4 Å². The van der Waals surface area contributed by atoms with Gasteiger partial charge in [0.2, 0.25) is 0 Å². The fourth-order valence-corrected chi connectivity index (χ4v) is 0.594. The molecule has 0 rings (SSSR count). The zero-order valence-corrected chi connectivity index (χ0v) is 6.96. The molecule has 0 saturated heterocycles. The fraction of sp³-hybridized carbons (Fsp3) is 0.800. The van der Waals surface area contributed by atoms with Gasteiger partial charge in [-0.25, -0.2) is 4.39 Å². The van der Waals surface area contributed by atoms with Crippen molar-refractivity contribution in [1.29, 1.82) is 0 Å². The summed E-state index contributed by atoms with van der Waals surface area (Å²) in [5.74, 6) is -0.545. The number of hydrogen-bond donors (Lipinski definition) is 1. The summed E-state index contributed by atoms with van der Waals surface area (Å²) in [6.45, 7) is 0.281. The molecule has 1 atom stereocenters. The molecule has 0 radical (unpaired) electrons. The summed E-state index contributed by atoms with van der Waals surface area (Å²) in [4.78, 5) is 12.8. The molecule has 12 heavy (non-hydrogen) atoms. The Morgan fingerprint density at radius 3 is 3.00 bits per heavy atom. The second-order valence-electron chi connectivity index (χ2n) is 1.87. The van der Waals surface area contributed by atoms with Crippen LogP contribution in [0.4, 0.5) is 4.39 Å². The van der Waals surface area contributed by atoms with E-state index in [9.17, 15) is 9.18 Å². The van der Waals surface area contributed by atoms with E-state index in [1.807, 2.05) is 0 Å². The van der Waals surface area contributed by atoms with Crippen LogP contribution in [-0.2, 0) is 4.79 Å². The lowest BCUT2D eigenvalue weighted by Crippen LogP contribution is -2.31. The molecule has 0 aliphatic carbocycles. The van der Waals surface area contributed by atoms with Gasteiger partial charge in [-0.15, -0.1) is 11.6 Å². The molecule has 0 aromatic heterocycles. The Morgan fingerprint density at radius 2 is 2.50 bits per heavy atom. The molecule has 0 fully saturated rings. The number of nitrogens with zero attached hydrogens (tertiary/aromatic N) is 3. The van der Waals surface area contributed by atoms with Gasteiger partial charge in [0.1, 0.15) is 0 Å². The first-order valence-corrected chi connectivity index (χ1v) is 3.77. The van der Waals surface area contributed by atoms with Crippen molar-refractivity contribution in [1.82, 2.24) is 5.32 Å². The Morgan fingerprint density at radius 1 is 1.83 bits per heavy atom. The monoisotopic (exact) mass is 194 g/mol. The Balaban J connectivity index is 3.64. The summed E-state index contributed by atoms with van der Waals surface area (Å²) in [5.41, 5.74) is 7.77. The SMILES string of the molecule is [N-]=[N+]=NC(F)C(=O)NCCCCl. The Labute approximate surface area is 73.5 Å². The van der Waals surface area contributed by atoms with Crippen molar-refractivity contribution in [3.05, 3.63) is 10.4 Å². The van der Waals surface area contributed by atoms with Gasteiger partial charge in [-0.2, -0.15) is 0 Å². The minimum atomic E-state index is -2.15. The molecule has 1 N–H and O–H groups in total.